The van der Waals surface area contributed by atoms with Crippen molar-refractivity contribution in [1.82, 2.24) is 4.98 Å². The summed E-state index contributed by atoms with van der Waals surface area (Å²) in [5.41, 5.74) is 0.580. The van der Waals surface area contributed by atoms with E-state index in [9.17, 15) is 14.9 Å². The van der Waals surface area contributed by atoms with E-state index in [4.69, 9.17) is 0 Å². The fourth-order valence-corrected chi connectivity index (χ4v) is 2.50. The molecular weight excluding hydrogens is 252 g/mol. The van der Waals surface area contributed by atoms with E-state index in [2.05, 4.69) is 11.1 Å². The van der Waals surface area contributed by atoms with Gasteiger partial charge in [0.15, 0.2) is 5.78 Å². The van der Waals surface area contributed by atoms with E-state index < -0.39 is 5.41 Å². The maximum Gasteiger partial charge on any atom is 0.150 e. The Kier molecular flexibility index (Phi) is 3.71. The zero-order chi connectivity index (χ0) is 14.8. The summed E-state index contributed by atoms with van der Waals surface area (Å²) in [5.74, 6) is -0.415. The van der Waals surface area contributed by atoms with Gasteiger partial charge in [-0.1, -0.05) is 18.2 Å². The molecule has 0 amide bonds. The first-order valence-corrected chi connectivity index (χ1v) is 6.45. The van der Waals surface area contributed by atoms with Crippen molar-refractivity contribution in [2.75, 3.05) is 0 Å². The summed E-state index contributed by atoms with van der Waals surface area (Å²) >= 11 is 0. The lowest BCUT2D eigenvalue weighted by atomic mass is 9.76. The normalized spacial score (nSPS) is 13.7. The quantitative estimate of drug-likeness (QED) is 0.906. The average Bonchev–Trinajstić information content (AvgIpc) is 2.80. The van der Waals surface area contributed by atoms with Crippen molar-refractivity contribution >= 4 is 22.5 Å². The molecule has 2 aromatic rings. The number of nitrogens with one attached hydrogen (secondary N) is 1. The number of aromatic amines is 1. The minimum atomic E-state index is -1.27. The first-order chi connectivity index (χ1) is 9.48. The van der Waals surface area contributed by atoms with Crippen molar-refractivity contribution in [2.45, 2.75) is 26.7 Å². The number of hydrogen-bond acceptors (Lipinski definition) is 3. The monoisotopic (exact) mass is 268 g/mol. The zero-order valence-electron chi connectivity index (χ0n) is 11.6. The Morgan fingerprint density at radius 1 is 1.30 bits per heavy atom. The molecule has 0 aliphatic carbocycles. The van der Waals surface area contributed by atoms with Crippen LogP contribution in [-0.2, 0) is 16.0 Å². The van der Waals surface area contributed by atoms with Gasteiger partial charge in [0.25, 0.3) is 0 Å². The number of nitrogens with zero attached hydrogens (tertiary/aromatic N) is 1. The Morgan fingerprint density at radius 2 is 2.00 bits per heavy atom. The predicted octanol–water partition coefficient (Wildman–Crippen LogP) is 2.79. The van der Waals surface area contributed by atoms with Gasteiger partial charge in [0.1, 0.15) is 11.2 Å². The molecule has 0 aliphatic rings. The lowest BCUT2D eigenvalue weighted by Gasteiger charge is -2.22. The van der Waals surface area contributed by atoms with Crippen LogP contribution in [0.5, 0.6) is 0 Å². The van der Waals surface area contributed by atoms with Gasteiger partial charge in [-0.3, -0.25) is 9.59 Å². The Balaban J connectivity index is 2.45. The van der Waals surface area contributed by atoms with E-state index in [1.54, 1.807) is 6.20 Å². The number of para-hydroxylation sites is 1. The molecule has 0 spiro atoms. The SMILES string of the molecule is CC(=O)C[C@@](C#N)(Cc1c[nH]c2ccccc12)C(C)=O. The number of carbonyl (C=O) groups is 2. The molecule has 0 bridgehead atoms. The largest absolute Gasteiger partial charge is 0.361 e. The van der Waals surface area contributed by atoms with Gasteiger partial charge in [0.2, 0.25) is 0 Å². The van der Waals surface area contributed by atoms with Crippen LogP contribution in [0.1, 0.15) is 25.8 Å². The maximum absolute atomic E-state index is 11.9. The third-order valence-electron chi connectivity index (χ3n) is 3.61. The molecule has 0 radical (unpaired) electrons. The number of hydrogen-bond donors (Lipinski definition) is 1. The van der Waals surface area contributed by atoms with Gasteiger partial charge in [0, 0.05) is 29.9 Å². The van der Waals surface area contributed by atoms with Crippen LogP contribution in [-0.4, -0.2) is 16.6 Å². The van der Waals surface area contributed by atoms with Crippen molar-refractivity contribution in [2.24, 2.45) is 5.41 Å². The molecule has 102 valence electrons. The lowest BCUT2D eigenvalue weighted by molar-refractivity contribution is -0.128. The molecular formula is C16H16N2O2. The third-order valence-corrected chi connectivity index (χ3v) is 3.61. The maximum atomic E-state index is 11.9. The van der Waals surface area contributed by atoms with Gasteiger partial charge in [-0.2, -0.15) is 5.26 Å². The minimum Gasteiger partial charge on any atom is -0.361 e. The average molecular weight is 268 g/mol. The van der Waals surface area contributed by atoms with Gasteiger partial charge in [-0.05, 0) is 25.5 Å². The standard InChI is InChI=1S/C16H16N2O2/c1-11(19)7-16(10-17,12(2)20)8-13-9-18-15-6-4-3-5-14(13)15/h3-6,9,18H,7-8H2,1-2H3/t16-/m0/s1. The summed E-state index contributed by atoms with van der Waals surface area (Å²) in [6, 6.07) is 9.77. The van der Waals surface area contributed by atoms with Crippen molar-refractivity contribution in [3.8, 4) is 6.07 Å². The Bertz CT molecular complexity index is 709. The third kappa shape index (κ3) is 2.48. The summed E-state index contributed by atoms with van der Waals surface area (Å²) in [7, 11) is 0. The highest BCUT2D eigenvalue weighted by atomic mass is 16.1. The molecule has 4 heteroatoms. The zero-order valence-corrected chi connectivity index (χ0v) is 11.6. The molecule has 1 heterocycles. The highest BCUT2D eigenvalue weighted by Gasteiger charge is 2.37. The molecule has 20 heavy (non-hydrogen) atoms. The molecule has 1 atom stereocenters. The first-order valence-electron chi connectivity index (χ1n) is 6.45. The summed E-state index contributed by atoms with van der Waals surface area (Å²) in [6.07, 6.45) is 2.01. The van der Waals surface area contributed by atoms with Gasteiger partial charge < -0.3 is 4.98 Å². The molecule has 1 aromatic carbocycles. The van der Waals surface area contributed by atoms with Gasteiger partial charge in [0.05, 0.1) is 6.07 Å². The Labute approximate surface area is 117 Å². The highest BCUT2D eigenvalue weighted by Crippen LogP contribution is 2.31. The fraction of sp³-hybridized carbons (Fsp3) is 0.312. The van der Waals surface area contributed by atoms with E-state index in [0.717, 1.165) is 16.5 Å². The summed E-state index contributed by atoms with van der Waals surface area (Å²) in [6.45, 7) is 2.78. The number of H-pyrrole nitrogens is 1. The van der Waals surface area contributed by atoms with Crippen LogP contribution >= 0.6 is 0 Å². The summed E-state index contributed by atoms with van der Waals surface area (Å²) < 4.78 is 0. The molecule has 0 saturated heterocycles. The number of fused-ring (bicyclic) bond motifs is 1. The minimum absolute atomic E-state index is 0.0433. The van der Waals surface area contributed by atoms with Crippen molar-refractivity contribution in [3.05, 3.63) is 36.0 Å². The number of nitriles is 1. The molecule has 1 aromatic heterocycles. The van der Waals surface area contributed by atoms with E-state index in [1.165, 1.54) is 13.8 Å². The van der Waals surface area contributed by atoms with E-state index in [1.807, 2.05) is 24.3 Å². The van der Waals surface area contributed by atoms with Crippen molar-refractivity contribution in [3.63, 3.8) is 0 Å². The molecule has 0 aliphatic heterocycles. The molecule has 1 N–H and O–H groups in total. The Hall–Kier alpha value is -2.41. The number of Topliss-reactive ketones (excluding diaryl/α,β-unsaturated/α-hetero) is 2. The number of carbonyl (C=O) groups excluding carboxylic acids is 2. The molecule has 4 nitrogen and oxygen atoms in total. The van der Waals surface area contributed by atoms with Gasteiger partial charge in [-0.25, -0.2) is 0 Å². The number of aromatic nitrogens is 1. The fourth-order valence-electron chi connectivity index (χ4n) is 2.50. The second-order valence-corrected chi connectivity index (χ2v) is 5.17. The second-order valence-electron chi connectivity index (χ2n) is 5.17. The molecule has 2 rings (SSSR count). The van der Waals surface area contributed by atoms with Crippen LogP contribution in [0.3, 0.4) is 0 Å². The summed E-state index contributed by atoms with van der Waals surface area (Å²) in [4.78, 5) is 26.4. The molecule has 0 saturated carbocycles. The smallest absolute Gasteiger partial charge is 0.150 e. The van der Waals surface area contributed by atoms with Gasteiger partial charge >= 0.3 is 0 Å². The molecule has 0 unspecified atom stereocenters. The first kappa shape index (κ1) is 14.0. The van der Waals surface area contributed by atoms with Crippen LogP contribution in [0.15, 0.2) is 30.5 Å². The summed E-state index contributed by atoms with van der Waals surface area (Å²) in [5, 5.41) is 10.4. The van der Waals surface area contributed by atoms with E-state index in [0.29, 0.717) is 0 Å². The van der Waals surface area contributed by atoms with Crippen LogP contribution in [0.4, 0.5) is 0 Å². The van der Waals surface area contributed by atoms with Crippen LogP contribution in [0.25, 0.3) is 10.9 Å². The molecule has 0 fully saturated rings. The van der Waals surface area contributed by atoms with Crippen LogP contribution in [0, 0.1) is 16.7 Å². The Morgan fingerprint density at radius 3 is 2.60 bits per heavy atom. The highest BCUT2D eigenvalue weighted by molar-refractivity contribution is 5.92. The van der Waals surface area contributed by atoms with Crippen LogP contribution < -0.4 is 0 Å². The van der Waals surface area contributed by atoms with E-state index in [-0.39, 0.29) is 24.4 Å². The van der Waals surface area contributed by atoms with Crippen molar-refractivity contribution in [1.29, 1.82) is 5.26 Å². The van der Waals surface area contributed by atoms with Gasteiger partial charge in [-0.15, -0.1) is 0 Å². The number of ketones is 2. The topological polar surface area (TPSA) is 73.7 Å². The second kappa shape index (κ2) is 5.30. The lowest BCUT2D eigenvalue weighted by Crippen LogP contribution is -2.32. The predicted molar refractivity (Wildman–Crippen MR) is 76.0 cm³/mol. The number of benzene rings is 1. The number of rotatable bonds is 5. The van der Waals surface area contributed by atoms with Crippen LogP contribution in [0.2, 0.25) is 0 Å². The van der Waals surface area contributed by atoms with E-state index >= 15 is 0 Å². The van der Waals surface area contributed by atoms with Crippen molar-refractivity contribution < 1.29 is 9.59 Å².